The van der Waals surface area contributed by atoms with E-state index >= 15 is 0 Å². The van der Waals surface area contributed by atoms with E-state index in [9.17, 15) is 0 Å². The van der Waals surface area contributed by atoms with Gasteiger partial charge in [-0.05, 0) is 19.5 Å². The Balaban J connectivity index is 3.56. The van der Waals surface area contributed by atoms with Gasteiger partial charge >= 0.3 is 0 Å². The molecule has 2 atom stereocenters. The van der Waals surface area contributed by atoms with Gasteiger partial charge < -0.3 is 10.6 Å². The Morgan fingerprint density at radius 1 is 1.30 bits per heavy atom. The fraction of sp³-hybridized carbons (Fsp3) is 1.00. The Morgan fingerprint density at radius 2 is 1.90 bits per heavy atom. The first-order chi connectivity index (χ1) is 4.76. The Labute approximate surface area is 64.4 Å². The summed E-state index contributed by atoms with van der Waals surface area (Å²) >= 11 is 0. The molecule has 0 aliphatic heterocycles. The zero-order chi connectivity index (χ0) is 7.98. The summed E-state index contributed by atoms with van der Waals surface area (Å²) in [6.07, 6.45) is 1.70. The van der Waals surface area contributed by atoms with Crippen molar-refractivity contribution >= 4 is 0 Å². The van der Waals surface area contributed by atoms with Crippen molar-refractivity contribution in [2.45, 2.75) is 33.4 Å². The van der Waals surface area contributed by atoms with Crippen LogP contribution in [0.2, 0.25) is 0 Å². The average molecular weight is 144 g/mol. The summed E-state index contributed by atoms with van der Waals surface area (Å²) < 4.78 is 0. The van der Waals surface area contributed by atoms with Crippen molar-refractivity contribution in [3.63, 3.8) is 0 Å². The first-order valence-corrected chi connectivity index (χ1v) is 4.16. The van der Waals surface area contributed by atoms with Crippen LogP contribution in [0, 0.1) is 5.92 Å². The zero-order valence-electron chi connectivity index (χ0n) is 7.57. The van der Waals surface area contributed by atoms with Crippen molar-refractivity contribution in [3.05, 3.63) is 0 Å². The summed E-state index contributed by atoms with van der Waals surface area (Å²) in [7, 11) is 2.00. The minimum Gasteiger partial charge on any atom is -0.305 e. The second-order valence-electron chi connectivity index (χ2n) is 2.71. The van der Waals surface area contributed by atoms with E-state index in [-0.39, 0.29) is 0 Å². The topological polar surface area (TPSA) is 24.1 Å². The standard InChI is InChI=1S/C8H20N2/c1-5-7(3)8(9-4)10-6-2/h7-10H,5-6H2,1-4H3. The molecule has 2 nitrogen and oxygen atoms in total. The van der Waals surface area contributed by atoms with E-state index in [0.29, 0.717) is 12.1 Å². The van der Waals surface area contributed by atoms with Gasteiger partial charge in [0.25, 0.3) is 0 Å². The molecule has 0 heterocycles. The van der Waals surface area contributed by atoms with Gasteiger partial charge in [-0.15, -0.1) is 0 Å². The molecule has 0 aromatic carbocycles. The fourth-order valence-electron chi connectivity index (χ4n) is 1.04. The number of rotatable bonds is 5. The summed E-state index contributed by atoms with van der Waals surface area (Å²) in [5, 5.41) is 6.61. The molecule has 0 aliphatic rings. The molecule has 0 aromatic heterocycles. The van der Waals surface area contributed by atoms with E-state index < -0.39 is 0 Å². The monoisotopic (exact) mass is 144 g/mol. The number of nitrogens with one attached hydrogen (secondary N) is 2. The van der Waals surface area contributed by atoms with Gasteiger partial charge in [0, 0.05) is 0 Å². The van der Waals surface area contributed by atoms with Crippen molar-refractivity contribution in [1.82, 2.24) is 10.6 Å². The molecule has 0 spiro atoms. The van der Waals surface area contributed by atoms with E-state index in [4.69, 9.17) is 0 Å². The van der Waals surface area contributed by atoms with Crippen LogP contribution in [0.3, 0.4) is 0 Å². The smallest absolute Gasteiger partial charge is 0.0595 e. The van der Waals surface area contributed by atoms with Gasteiger partial charge in [-0.3, -0.25) is 0 Å². The van der Waals surface area contributed by atoms with E-state index in [1.807, 2.05) is 7.05 Å². The Bertz CT molecular complexity index is 73.7. The van der Waals surface area contributed by atoms with Gasteiger partial charge in [0.2, 0.25) is 0 Å². The normalized spacial score (nSPS) is 16.8. The molecule has 0 saturated carbocycles. The highest BCUT2D eigenvalue weighted by molar-refractivity contribution is 4.66. The third kappa shape index (κ3) is 3.18. The molecule has 0 radical (unpaired) electrons. The molecule has 0 saturated heterocycles. The first-order valence-electron chi connectivity index (χ1n) is 4.16. The molecule has 2 heteroatoms. The summed E-state index contributed by atoms with van der Waals surface area (Å²) in [6.45, 7) is 7.64. The summed E-state index contributed by atoms with van der Waals surface area (Å²) in [6, 6.07) is 0. The molecule has 0 aromatic rings. The van der Waals surface area contributed by atoms with Gasteiger partial charge in [0.05, 0.1) is 6.17 Å². The van der Waals surface area contributed by atoms with E-state index in [1.54, 1.807) is 0 Å². The van der Waals surface area contributed by atoms with E-state index in [0.717, 1.165) is 6.54 Å². The minimum absolute atomic E-state index is 0.481. The molecule has 2 N–H and O–H groups in total. The Kier molecular flexibility index (Phi) is 5.64. The SMILES string of the molecule is CCNC(NC)C(C)CC. The van der Waals surface area contributed by atoms with Gasteiger partial charge in [-0.1, -0.05) is 27.2 Å². The van der Waals surface area contributed by atoms with Crippen molar-refractivity contribution < 1.29 is 0 Å². The van der Waals surface area contributed by atoms with Crippen LogP contribution in [-0.4, -0.2) is 19.8 Å². The van der Waals surface area contributed by atoms with Crippen LogP contribution < -0.4 is 10.6 Å². The number of hydrogen-bond acceptors (Lipinski definition) is 2. The van der Waals surface area contributed by atoms with Crippen LogP contribution in [0.1, 0.15) is 27.2 Å². The van der Waals surface area contributed by atoms with Gasteiger partial charge in [0.1, 0.15) is 0 Å². The predicted octanol–water partition coefficient (Wildman–Crippen LogP) is 1.19. The lowest BCUT2D eigenvalue weighted by atomic mass is 10.1. The van der Waals surface area contributed by atoms with Crippen LogP contribution in [0.4, 0.5) is 0 Å². The molecule has 0 bridgehead atoms. The van der Waals surface area contributed by atoms with Crippen molar-refractivity contribution in [1.29, 1.82) is 0 Å². The number of hydrogen-bond donors (Lipinski definition) is 2. The lowest BCUT2D eigenvalue weighted by Crippen LogP contribution is -2.44. The summed E-state index contributed by atoms with van der Waals surface area (Å²) in [4.78, 5) is 0. The van der Waals surface area contributed by atoms with Crippen LogP contribution in [-0.2, 0) is 0 Å². The maximum Gasteiger partial charge on any atom is 0.0595 e. The quantitative estimate of drug-likeness (QED) is 0.566. The van der Waals surface area contributed by atoms with Crippen LogP contribution in [0.15, 0.2) is 0 Å². The molecule has 0 rings (SSSR count). The van der Waals surface area contributed by atoms with E-state index in [2.05, 4.69) is 31.4 Å². The van der Waals surface area contributed by atoms with Crippen molar-refractivity contribution in [2.75, 3.05) is 13.6 Å². The van der Waals surface area contributed by atoms with Gasteiger partial charge in [0.15, 0.2) is 0 Å². The van der Waals surface area contributed by atoms with Crippen LogP contribution >= 0.6 is 0 Å². The molecule has 10 heavy (non-hydrogen) atoms. The van der Waals surface area contributed by atoms with Crippen molar-refractivity contribution in [2.24, 2.45) is 5.92 Å². The molecular weight excluding hydrogens is 124 g/mol. The summed E-state index contributed by atoms with van der Waals surface area (Å²) in [5.41, 5.74) is 0. The maximum atomic E-state index is 3.37. The molecule has 2 unspecified atom stereocenters. The first kappa shape index (κ1) is 9.92. The predicted molar refractivity (Wildman–Crippen MR) is 46.0 cm³/mol. The zero-order valence-corrected chi connectivity index (χ0v) is 7.57. The lowest BCUT2D eigenvalue weighted by Gasteiger charge is -2.22. The lowest BCUT2D eigenvalue weighted by molar-refractivity contribution is 0.333. The van der Waals surface area contributed by atoms with Crippen molar-refractivity contribution in [3.8, 4) is 0 Å². The van der Waals surface area contributed by atoms with Gasteiger partial charge in [-0.25, -0.2) is 0 Å². The van der Waals surface area contributed by atoms with E-state index in [1.165, 1.54) is 6.42 Å². The molecular formula is C8H20N2. The minimum atomic E-state index is 0.481. The second kappa shape index (κ2) is 5.69. The third-order valence-electron chi connectivity index (χ3n) is 1.95. The maximum absolute atomic E-state index is 3.37. The third-order valence-corrected chi connectivity index (χ3v) is 1.95. The molecule has 0 aliphatic carbocycles. The summed E-state index contributed by atoms with van der Waals surface area (Å²) in [5.74, 6) is 0.713. The molecule has 62 valence electrons. The Morgan fingerprint density at radius 3 is 2.20 bits per heavy atom. The van der Waals surface area contributed by atoms with Gasteiger partial charge in [-0.2, -0.15) is 0 Å². The highest BCUT2D eigenvalue weighted by Gasteiger charge is 2.10. The fourth-order valence-corrected chi connectivity index (χ4v) is 1.04. The second-order valence-corrected chi connectivity index (χ2v) is 2.71. The van der Waals surface area contributed by atoms with Crippen LogP contribution in [0.5, 0.6) is 0 Å². The molecule has 0 amide bonds. The van der Waals surface area contributed by atoms with Crippen LogP contribution in [0.25, 0.3) is 0 Å². The average Bonchev–Trinajstić information content (AvgIpc) is 1.99. The Hall–Kier alpha value is -0.0800. The highest BCUT2D eigenvalue weighted by atomic mass is 15.1. The molecule has 0 fully saturated rings. The largest absolute Gasteiger partial charge is 0.305 e. The highest BCUT2D eigenvalue weighted by Crippen LogP contribution is 2.03.